The van der Waals surface area contributed by atoms with Crippen LogP contribution in [0.4, 0.5) is 0 Å². The molecule has 5 rings (SSSR count). The molecule has 2 fully saturated rings. The van der Waals surface area contributed by atoms with E-state index in [1.807, 2.05) is 41.1 Å². The van der Waals surface area contributed by atoms with Gasteiger partial charge in [-0.1, -0.05) is 66.5 Å². The third-order valence-corrected chi connectivity index (χ3v) is 11.8. The fourth-order valence-electron chi connectivity index (χ4n) is 7.41. The number of hydrogen-bond donors (Lipinski definition) is 0. The average molecular weight is 613 g/mol. The summed E-state index contributed by atoms with van der Waals surface area (Å²) in [7, 11) is 0. The van der Waals surface area contributed by atoms with Crippen LogP contribution in [0.15, 0.2) is 41.1 Å². The minimum atomic E-state index is -1.07. The second-order valence-corrected chi connectivity index (χ2v) is 15.6. The molecule has 0 N–H and O–H groups in total. The van der Waals surface area contributed by atoms with Gasteiger partial charge in [-0.3, -0.25) is 4.79 Å². The summed E-state index contributed by atoms with van der Waals surface area (Å²) >= 11 is 3.17. The van der Waals surface area contributed by atoms with Crippen LogP contribution in [-0.2, 0) is 23.8 Å². The minimum absolute atomic E-state index is 0.158. The molecule has 0 aromatic carbocycles. The number of allylic oxidation sites excluding steroid dienone is 1. The molecule has 0 radical (unpaired) electrons. The SMILES string of the molecule is CC(C)[C@@H]1CC[C@@H](C)C[C@H]1OC(=O)[C@@H]1[C@H](C(=O)O[C@@H]2C[C@H](C)CC[C@H]2C(C)C)OC(c2cccs2)=C[C@H]1c1cccs1. The van der Waals surface area contributed by atoms with Gasteiger partial charge in [0.05, 0.1) is 4.88 Å². The standard InChI is InChI=1S/C35H48O5S2/c1-20(2)24-13-11-22(5)17-27(24)39-34(36)32-26(30-9-7-15-41-30)19-29(31-10-8-16-42-31)38-33(32)35(37)40-28-18-23(6)12-14-25(28)21(3)4/h7-10,15-16,19-28,32-33H,11-14,17-18H2,1-6H3/t22-,23-,24+,25+,26+,27-,28-,32+,33-/m1/s1. The second-order valence-electron chi connectivity index (χ2n) is 13.7. The molecule has 0 bridgehead atoms. The maximum absolute atomic E-state index is 14.3. The van der Waals surface area contributed by atoms with E-state index in [4.69, 9.17) is 14.2 Å². The Kier molecular flexibility index (Phi) is 10.2. The van der Waals surface area contributed by atoms with Crippen LogP contribution in [0.25, 0.3) is 5.76 Å². The van der Waals surface area contributed by atoms with Crippen molar-refractivity contribution in [3.8, 4) is 0 Å². The summed E-state index contributed by atoms with van der Waals surface area (Å²) in [5.74, 6) is 1.12. The molecule has 0 spiro atoms. The molecule has 2 aromatic rings. The third-order valence-electron chi connectivity index (χ3n) is 9.90. The van der Waals surface area contributed by atoms with Crippen LogP contribution >= 0.6 is 22.7 Å². The molecule has 7 heteroatoms. The van der Waals surface area contributed by atoms with Crippen molar-refractivity contribution in [2.24, 2.45) is 41.4 Å². The third kappa shape index (κ3) is 6.99. The van der Waals surface area contributed by atoms with Gasteiger partial charge in [0.2, 0.25) is 6.10 Å². The predicted octanol–water partition coefficient (Wildman–Crippen LogP) is 8.96. The fraction of sp³-hybridized carbons (Fsp3) is 0.657. The van der Waals surface area contributed by atoms with Crippen molar-refractivity contribution in [3.05, 3.63) is 50.9 Å². The zero-order valence-electron chi connectivity index (χ0n) is 26.0. The molecule has 9 atom stereocenters. The number of rotatable bonds is 8. The van der Waals surface area contributed by atoms with Gasteiger partial charge in [0.25, 0.3) is 0 Å². The molecule has 5 nitrogen and oxygen atoms in total. The van der Waals surface area contributed by atoms with Gasteiger partial charge in [-0.15, -0.1) is 22.7 Å². The van der Waals surface area contributed by atoms with Crippen molar-refractivity contribution < 1.29 is 23.8 Å². The first-order valence-corrected chi connectivity index (χ1v) is 17.7. The van der Waals surface area contributed by atoms with Gasteiger partial charge >= 0.3 is 11.9 Å². The van der Waals surface area contributed by atoms with Gasteiger partial charge < -0.3 is 14.2 Å². The Hall–Kier alpha value is -2.12. The topological polar surface area (TPSA) is 61.8 Å². The largest absolute Gasteiger partial charge is 0.477 e. The lowest BCUT2D eigenvalue weighted by Crippen LogP contribution is -2.48. The van der Waals surface area contributed by atoms with Crippen LogP contribution in [0, 0.1) is 41.4 Å². The van der Waals surface area contributed by atoms with Crippen molar-refractivity contribution in [1.82, 2.24) is 0 Å². The van der Waals surface area contributed by atoms with E-state index in [-0.39, 0.29) is 24.1 Å². The number of carbonyl (C=O) groups excluding carboxylic acids is 2. The molecule has 3 heterocycles. The van der Waals surface area contributed by atoms with E-state index >= 15 is 0 Å². The Balaban J connectivity index is 1.49. The number of carbonyl (C=O) groups is 2. The maximum atomic E-state index is 14.3. The molecule has 230 valence electrons. The molecule has 2 saturated carbocycles. The number of ether oxygens (including phenoxy) is 3. The molecule has 42 heavy (non-hydrogen) atoms. The van der Waals surface area contributed by atoms with E-state index < -0.39 is 18.0 Å². The Morgan fingerprint density at radius 2 is 1.38 bits per heavy atom. The van der Waals surface area contributed by atoms with Crippen molar-refractivity contribution in [3.63, 3.8) is 0 Å². The molecule has 2 aromatic heterocycles. The Bertz CT molecular complexity index is 1200. The van der Waals surface area contributed by atoms with Gasteiger partial charge in [-0.25, -0.2) is 4.79 Å². The Labute approximate surface area is 260 Å². The first-order valence-electron chi connectivity index (χ1n) is 16.0. The van der Waals surface area contributed by atoms with E-state index in [1.54, 1.807) is 22.7 Å². The summed E-state index contributed by atoms with van der Waals surface area (Å²) in [6, 6.07) is 8.02. The fourth-order valence-corrected chi connectivity index (χ4v) is 8.95. The highest BCUT2D eigenvalue weighted by atomic mass is 32.1. The monoisotopic (exact) mass is 612 g/mol. The Morgan fingerprint density at radius 1 is 0.810 bits per heavy atom. The van der Waals surface area contributed by atoms with E-state index in [1.165, 1.54) is 0 Å². The molecular weight excluding hydrogens is 565 g/mol. The number of esters is 2. The normalized spacial score (nSPS) is 33.6. The first-order chi connectivity index (χ1) is 20.1. The van der Waals surface area contributed by atoms with Crippen molar-refractivity contribution in [1.29, 1.82) is 0 Å². The summed E-state index contributed by atoms with van der Waals surface area (Å²) in [6.45, 7) is 13.3. The van der Waals surface area contributed by atoms with Gasteiger partial charge in [-0.05, 0) is 90.2 Å². The zero-order valence-corrected chi connectivity index (χ0v) is 27.6. The summed E-state index contributed by atoms with van der Waals surface area (Å²) in [5.41, 5.74) is 0. The van der Waals surface area contributed by atoms with E-state index in [2.05, 4.69) is 41.5 Å². The van der Waals surface area contributed by atoms with Crippen LogP contribution < -0.4 is 0 Å². The molecule has 3 aliphatic rings. The molecule has 2 aliphatic carbocycles. The summed E-state index contributed by atoms with van der Waals surface area (Å²) in [6.07, 6.45) is 6.71. The van der Waals surface area contributed by atoms with Crippen LogP contribution in [0.1, 0.15) is 95.7 Å². The van der Waals surface area contributed by atoms with Gasteiger partial charge in [0.1, 0.15) is 23.9 Å². The quantitative estimate of drug-likeness (QED) is 0.279. The highest BCUT2D eigenvalue weighted by Gasteiger charge is 2.49. The van der Waals surface area contributed by atoms with E-state index in [0.29, 0.717) is 41.3 Å². The van der Waals surface area contributed by atoms with E-state index in [9.17, 15) is 9.59 Å². The van der Waals surface area contributed by atoms with Gasteiger partial charge in [-0.2, -0.15) is 0 Å². The lowest BCUT2D eigenvalue weighted by molar-refractivity contribution is -0.180. The molecule has 1 aliphatic heterocycles. The van der Waals surface area contributed by atoms with Crippen LogP contribution in [-0.4, -0.2) is 30.3 Å². The van der Waals surface area contributed by atoms with Crippen LogP contribution in [0.5, 0.6) is 0 Å². The van der Waals surface area contributed by atoms with Crippen molar-refractivity contribution in [2.75, 3.05) is 0 Å². The molecule has 0 saturated heterocycles. The Morgan fingerprint density at radius 3 is 1.90 bits per heavy atom. The highest BCUT2D eigenvalue weighted by Crippen LogP contribution is 2.45. The van der Waals surface area contributed by atoms with Crippen molar-refractivity contribution >= 4 is 40.4 Å². The lowest BCUT2D eigenvalue weighted by atomic mass is 9.75. The molecule has 0 unspecified atom stereocenters. The zero-order chi connectivity index (χ0) is 30.0. The minimum Gasteiger partial charge on any atom is -0.477 e. The molecular formula is C35H48O5S2. The van der Waals surface area contributed by atoms with Gasteiger partial charge in [0, 0.05) is 10.8 Å². The van der Waals surface area contributed by atoms with E-state index in [0.717, 1.165) is 48.3 Å². The van der Waals surface area contributed by atoms with Crippen LogP contribution in [0.3, 0.4) is 0 Å². The highest BCUT2D eigenvalue weighted by molar-refractivity contribution is 7.11. The lowest BCUT2D eigenvalue weighted by Gasteiger charge is -2.41. The molecule has 0 amide bonds. The number of thiophene rings is 2. The summed E-state index contributed by atoms with van der Waals surface area (Å²) in [5, 5.41) is 4.02. The van der Waals surface area contributed by atoms with Gasteiger partial charge in [0.15, 0.2) is 0 Å². The summed E-state index contributed by atoms with van der Waals surface area (Å²) < 4.78 is 19.3. The van der Waals surface area contributed by atoms with Crippen molar-refractivity contribution in [2.45, 2.75) is 104 Å². The first kappa shape index (κ1) is 31.3. The predicted molar refractivity (Wildman–Crippen MR) is 170 cm³/mol. The second kappa shape index (κ2) is 13.7. The average Bonchev–Trinajstić information content (AvgIpc) is 3.67. The maximum Gasteiger partial charge on any atom is 0.348 e. The number of hydrogen-bond acceptors (Lipinski definition) is 7. The summed E-state index contributed by atoms with van der Waals surface area (Å²) in [4.78, 5) is 30.5. The van der Waals surface area contributed by atoms with Crippen LogP contribution in [0.2, 0.25) is 0 Å². The smallest absolute Gasteiger partial charge is 0.348 e.